The second kappa shape index (κ2) is 8.46. The number of fused-ring (bicyclic) bond motifs is 1. The van der Waals surface area contributed by atoms with Crippen molar-refractivity contribution in [1.82, 2.24) is 15.5 Å². The number of nitrogens with one attached hydrogen (secondary N) is 2. The molecule has 2 unspecified atom stereocenters. The number of amides is 4. The molecule has 0 bridgehead atoms. The lowest BCUT2D eigenvalue weighted by molar-refractivity contribution is -0.135. The molecular formula is C26H23N3O4S. The van der Waals surface area contributed by atoms with Crippen molar-refractivity contribution >= 4 is 40.2 Å². The Kier molecular flexibility index (Phi) is 5.45. The van der Waals surface area contributed by atoms with Crippen molar-refractivity contribution < 1.29 is 18.8 Å². The first-order chi connectivity index (χ1) is 16.3. The highest BCUT2D eigenvalue weighted by Crippen LogP contribution is 2.33. The minimum Gasteiger partial charge on any atom is -0.458 e. The maximum absolute atomic E-state index is 13.3. The van der Waals surface area contributed by atoms with Crippen LogP contribution < -0.4 is 10.6 Å². The summed E-state index contributed by atoms with van der Waals surface area (Å²) in [5, 5.41) is 8.45. The van der Waals surface area contributed by atoms with Gasteiger partial charge in [-0.05, 0) is 43.0 Å². The fourth-order valence-electron chi connectivity index (χ4n) is 4.12. The van der Waals surface area contributed by atoms with Gasteiger partial charge in [-0.3, -0.25) is 14.5 Å². The summed E-state index contributed by atoms with van der Waals surface area (Å²) in [6, 6.07) is 19.9. The number of nitrogens with zero attached hydrogens (tertiary/aromatic N) is 1. The summed E-state index contributed by atoms with van der Waals surface area (Å²) in [5.41, 5.74) is 1.27. The molecule has 8 heteroatoms. The van der Waals surface area contributed by atoms with E-state index in [0.29, 0.717) is 11.3 Å². The number of rotatable bonds is 6. The molecule has 1 saturated heterocycles. The zero-order chi connectivity index (χ0) is 23.9. The Balaban J connectivity index is 1.36. The quantitative estimate of drug-likeness (QED) is 0.404. The van der Waals surface area contributed by atoms with E-state index in [-0.39, 0.29) is 6.04 Å². The van der Waals surface area contributed by atoms with Crippen LogP contribution in [-0.4, -0.2) is 29.3 Å². The summed E-state index contributed by atoms with van der Waals surface area (Å²) in [7, 11) is 0. The van der Waals surface area contributed by atoms with E-state index in [0.717, 1.165) is 26.3 Å². The van der Waals surface area contributed by atoms with E-state index >= 15 is 0 Å². The molecule has 4 amide bonds. The van der Waals surface area contributed by atoms with Crippen molar-refractivity contribution in [1.29, 1.82) is 0 Å². The van der Waals surface area contributed by atoms with E-state index in [2.05, 4.69) is 10.6 Å². The smallest absolute Gasteiger partial charge is 0.325 e. The lowest BCUT2D eigenvalue weighted by atomic mass is 9.99. The molecule has 0 radical (unpaired) electrons. The molecule has 0 saturated carbocycles. The van der Waals surface area contributed by atoms with Gasteiger partial charge in [-0.15, -0.1) is 11.3 Å². The molecule has 1 aliphatic rings. The highest BCUT2D eigenvalue weighted by molar-refractivity contribution is 7.10. The van der Waals surface area contributed by atoms with Crippen LogP contribution in [0.15, 0.2) is 76.5 Å². The molecule has 0 spiro atoms. The van der Waals surface area contributed by atoms with Crippen LogP contribution in [-0.2, 0) is 15.1 Å². The zero-order valence-electron chi connectivity index (χ0n) is 18.7. The number of imide groups is 1. The van der Waals surface area contributed by atoms with Crippen molar-refractivity contribution in [2.45, 2.75) is 25.4 Å². The average molecular weight is 474 g/mol. The molecule has 3 heterocycles. The van der Waals surface area contributed by atoms with Gasteiger partial charge in [0, 0.05) is 10.3 Å². The van der Waals surface area contributed by atoms with Gasteiger partial charge in [0.2, 0.25) is 5.91 Å². The van der Waals surface area contributed by atoms with Gasteiger partial charge in [0.05, 0.1) is 6.04 Å². The highest BCUT2D eigenvalue weighted by Gasteiger charge is 2.51. The predicted octanol–water partition coefficient (Wildman–Crippen LogP) is 4.48. The summed E-state index contributed by atoms with van der Waals surface area (Å²) in [6.07, 6.45) is 0. The van der Waals surface area contributed by atoms with Crippen molar-refractivity contribution in [3.05, 3.63) is 93.9 Å². The SMILES string of the molecule is Cc1ccc(C(NC(=O)CN2C(=O)NC(C)(c3cc4ccccc4o3)C2=O)c2cccs2)cc1. The molecular weight excluding hydrogens is 450 g/mol. The summed E-state index contributed by atoms with van der Waals surface area (Å²) in [5.74, 6) is -0.642. The topological polar surface area (TPSA) is 91.7 Å². The number of para-hydroxylation sites is 1. The number of carbonyl (C=O) groups is 3. The van der Waals surface area contributed by atoms with Crippen LogP contribution >= 0.6 is 11.3 Å². The third-order valence-corrected chi connectivity index (χ3v) is 6.98. The Hall–Kier alpha value is -3.91. The number of furan rings is 1. The third kappa shape index (κ3) is 3.86. The van der Waals surface area contributed by atoms with Crippen molar-refractivity contribution in [3.63, 3.8) is 0 Å². The molecule has 34 heavy (non-hydrogen) atoms. The molecule has 2 aromatic heterocycles. The molecule has 1 aliphatic heterocycles. The summed E-state index contributed by atoms with van der Waals surface area (Å²) in [4.78, 5) is 40.9. The van der Waals surface area contributed by atoms with E-state index in [1.165, 1.54) is 11.3 Å². The first-order valence-electron chi connectivity index (χ1n) is 10.9. The first-order valence-corrected chi connectivity index (χ1v) is 11.8. The summed E-state index contributed by atoms with van der Waals surface area (Å²) in [6.45, 7) is 3.19. The van der Waals surface area contributed by atoms with E-state index in [4.69, 9.17) is 4.42 Å². The number of hydrogen-bond donors (Lipinski definition) is 2. The van der Waals surface area contributed by atoms with Crippen LogP contribution in [0.2, 0.25) is 0 Å². The van der Waals surface area contributed by atoms with E-state index in [9.17, 15) is 14.4 Å². The molecule has 7 nitrogen and oxygen atoms in total. The van der Waals surface area contributed by atoms with Crippen LogP contribution in [0.5, 0.6) is 0 Å². The molecule has 172 valence electrons. The standard InChI is InChI=1S/C26H23N3O4S/c1-16-9-11-17(12-10-16)23(20-8-5-13-34-20)27-22(30)15-29-24(31)26(2,28-25(29)32)21-14-18-6-3-4-7-19(18)33-21/h3-14,23H,15H2,1-2H3,(H,27,30)(H,28,32). The lowest BCUT2D eigenvalue weighted by Crippen LogP contribution is -2.43. The fourth-order valence-corrected chi connectivity index (χ4v) is 4.92. The largest absolute Gasteiger partial charge is 0.458 e. The number of aryl methyl sites for hydroxylation is 1. The number of urea groups is 1. The van der Waals surface area contributed by atoms with E-state index in [1.54, 1.807) is 19.1 Å². The van der Waals surface area contributed by atoms with Gasteiger partial charge in [-0.25, -0.2) is 4.79 Å². The van der Waals surface area contributed by atoms with Gasteiger partial charge in [0.25, 0.3) is 5.91 Å². The van der Waals surface area contributed by atoms with Crippen molar-refractivity contribution in [2.24, 2.45) is 0 Å². The van der Waals surface area contributed by atoms with Gasteiger partial charge in [-0.2, -0.15) is 0 Å². The van der Waals surface area contributed by atoms with E-state index < -0.39 is 29.9 Å². The van der Waals surface area contributed by atoms with Crippen LogP contribution in [0.3, 0.4) is 0 Å². The molecule has 2 aromatic carbocycles. The molecule has 5 rings (SSSR count). The molecule has 1 fully saturated rings. The third-order valence-electron chi connectivity index (χ3n) is 6.04. The maximum atomic E-state index is 13.3. The minimum atomic E-state index is -1.39. The number of benzene rings is 2. The zero-order valence-corrected chi connectivity index (χ0v) is 19.5. The Labute approximate surface area is 200 Å². The average Bonchev–Trinajstić information content (AvgIpc) is 3.55. The van der Waals surface area contributed by atoms with Crippen LogP contribution in [0.25, 0.3) is 11.0 Å². The van der Waals surface area contributed by atoms with Gasteiger partial charge in [-0.1, -0.05) is 54.1 Å². The van der Waals surface area contributed by atoms with Crippen molar-refractivity contribution in [3.8, 4) is 0 Å². The van der Waals surface area contributed by atoms with Gasteiger partial charge >= 0.3 is 6.03 Å². The number of hydrogen-bond acceptors (Lipinski definition) is 5. The Morgan fingerprint density at radius 3 is 2.59 bits per heavy atom. The highest BCUT2D eigenvalue weighted by atomic mass is 32.1. The van der Waals surface area contributed by atoms with Crippen molar-refractivity contribution in [2.75, 3.05) is 6.54 Å². The van der Waals surface area contributed by atoms with Gasteiger partial charge in [0.15, 0.2) is 5.54 Å². The Bertz CT molecular complexity index is 1340. The molecule has 0 aliphatic carbocycles. The maximum Gasteiger partial charge on any atom is 0.325 e. The lowest BCUT2D eigenvalue weighted by Gasteiger charge is -2.21. The monoisotopic (exact) mass is 473 g/mol. The van der Waals surface area contributed by atoms with Gasteiger partial charge in [0.1, 0.15) is 17.9 Å². The predicted molar refractivity (Wildman–Crippen MR) is 129 cm³/mol. The molecule has 2 atom stereocenters. The first kappa shape index (κ1) is 21.9. The number of carbonyl (C=O) groups excluding carboxylic acids is 3. The summed E-state index contributed by atoms with van der Waals surface area (Å²) < 4.78 is 5.85. The Morgan fingerprint density at radius 1 is 1.12 bits per heavy atom. The Morgan fingerprint density at radius 2 is 1.88 bits per heavy atom. The normalized spacial score (nSPS) is 18.8. The second-order valence-corrected chi connectivity index (χ2v) is 9.50. The fraction of sp³-hybridized carbons (Fsp3) is 0.192. The van der Waals surface area contributed by atoms with Crippen LogP contribution in [0, 0.1) is 6.92 Å². The van der Waals surface area contributed by atoms with Crippen LogP contribution in [0.4, 0.5) is 4.79 Å². The van der Waals surface area contributed by atoms with Gasteiger partial charge < -0.3 is 15.1 Å². The van der Waals surface area contributed by atoms with E-state index in [1.807, 2.05) is 66.9 Å². The van der Waals surface area contributed by atoms with Crippen LogP contribution in [0.1, 0.15) is 34.7 Å². The molecule has 4 aromatic rings. The summed E-state index contributed by atoms with van der Waals surface area (Å²) >= 11 is 1.53. The number of thiophene rings is 1. The minimum absolute atomic E-state index is 0.325. The second-order valence-electron chi connectivity index (χ2n) is 8.52. The molecule has 2 N–H and O–H groups in total.